The van der Waals surface area contributed by atoms with Crippen LogP contribution >= 0.6 is 0 Å². The third kappa shape index (κ3) is 4.10. The lowest BCUT2D eigenvalue weighted by Crippen LogP contribution is -2.22. The second-order valence-corrected chi connectivity index (χ2v) is 3.33. The number of hydrogen-bond acceptors (Lipinski definition) is 2. The molecule has 1 fully saturated rings. The molecule has 0 radical (unpaired) electrons. The van der Waals surface area contributed by atoms with Gasteiger partial charge >= 0.3 is 0 Å². The molecule has 0 bridgehead atoms. The molecule has 1 saturated heterocycles. The Hall–Kier alpha value is -0.810. The predicted molar refractivity (Wildman–Crippen MR) is 51.3 cm³/mol. The molecule has 0 saturated carbocycles. The summed E-state index contributed by atoms with van der Waals surface area (Å²) in [6.07, 6.45) is 4.47. The van der Waals surface area contributed by atoms with Crippen molar-refractivity contribution in [1.29, 1.82) is 0 Å². The molecule has 2 heteroatoms. The van der Waals surface area contributed by atoms with Crippen LogP contribution in [0, 0.1) is 11.8 Å². The van der Waals surface area contributed by atoms with E-state index in [0.29, 0.717) is 12.8 Å². The summed E-state index contributed by atoms with van der Waals surface area (Å²) in [5.74, 6) is 5.72. The van der Waals surface area contributed by atoms with Gasteiger partial charge in [-0.15, -0.1) is 5.92 Å². The molecule has 1 aliphatic heterocycles. The first-order valence-electron chi connectivity index (χ1n) is 4.86. The Morgan fingerprint density at radius 1 is 1.54 bits per heavy atom. The van der Waals surface area contributed by atoms with E-state index >= 15 is 0 Å². The van der Waals surface area contributed by atoms with Crippen LogP contribution in [0.2, 0.25) is 0 Å². The number of carbonyl (C=O) groups is 1. The molecule has 13 heavy (non-hydrogen) atoms. The molecule has 0 spiro atoms. The number of Topliss-reactive ketones (excluding diaryl/α,β-unsaturated/α-hetero) is 1. The van der Waals surface area contributed by atoms with E-state index in [2.05, 4.69) is 11.8 Å². The van der Waals surface area contributed by atoms with E-state index in [9.17, 15) is 4.79 Å². The molecule has 0 aromatic carbocycles. The van der Waals surface area contributed by atoms with Crippen LogP contribution in [0.5, 0.6) is 0 Å². The average Bonchev–Trinajstić information content (AvgIpc) is 2.16. The highest BCUT2D eigenvalue weighted by atomic mass is 16.5. The maximum atomic E-state index is 11.3. The molecule has 1 heterocycles. The lowest BCUT2D eigenvalue weighted by Gasteiger charge is -2.21. The van der Waals surface area contributed by atoms with Crippen LogP contribution in [0.3, 0.4) is 0 Å². The Morgan fingerprint density at radius 3 is 3.00 bits per heavy atom. The highest BCUT2D eigenvalue weighted by molar-refractivity contribution is 5.81. The standard InChI is InChI=1S/C11H16O2/c1-2-3-6-10(12)9-11-7-4-5-8-13-11/h11H,4-9H2,1H3. The zero-order valence-corrected chi connectivity index (χ0v) is 8.14. The van der Waals surface area contributed by atoms with Gasteiger partial charge in [0, 0.05) is 13.0 Å². The van der Waals surface area contributed by atoms with Gasteiger partial charge in [0.15, 0.2) is 0 Å². The maximum Gasteiger partial charge on any atom is 0.147 e. The van der Waals surface area contributed by atoms with Crippen LogP contribution in [0.1, 0.15) is 39.0 Å². The Balaban J connectivity index is 2.20. The lowest BCUT2D eigenvalue weighted by molar-refractivity contribution is -0.121. The van der Waals surface area contributed by atoms with E-state index in [4.69, 9.17) is 4.74 Å². The Kier molecular flexibility index (Phi) is 4.56. The predicted octanol–water partition coefficient (Wildman–Crippen LogP) is 1.93. The van der Waals surface area contributed by atoms with Crippen molar-refractivity contribution in [3.05, 3.63) is 0 Å². The van der Waals surface area contributed by atoms with Crippen molar-refractivity contribution in [2.24, 2.45) is 0 Å². The summed E-state index contributed by atoms with van der Waals surface area (Å²) in [6.45, 7) is 2.57. The number of hydrogen-bond donors (Lipinski definition) is 0. The summed E-state index contributed by atoms with van der Waals surface area (Å²) in [4.78, 5) is 11.3. The average molecular weight is 180 g/mol. The van der Waals surface area contributed by atoms with E-state index in [1.165, 1.54) is 6.42 Å². The van der Waals surface area contributed by atoms with Gasteiger partial charge in [0.25, 0.3) is 0 Å². The van der Waals surface area contributed by atoms with Crippen LogP contribution in [0.15, 0.2) is 0 Å². The monoisotopic (exact) mass is 180 g/mol. The second kappa shape index (κ2) is 5.77. The first-order valence-corrected chi connectivity index (χ1v) is 4.86. The van der Waals surface area contributed by atoms with Gasteiger partial charge in [0.2, 0.25) is 0 Å². The van der Waals surface area contributed by atoms with Crippen LogP contribution in [-0.4, -0.2) is 18.5 Å². The van der Waals surface area contributed by atoms with Crippen molar-refractivity contribution in [2.75, 3.05) is 6.61 Å². The molecule has 0 amide bonds. The number of ketones is 1. The van der Waals surface area contributed by atoms with Crippen molar-refractivity contribution >= 4 is 5.78 Å². The zero-order chi connectivity index (χ0) is 9.52. The van der Waals surface area contributed by atoms with Gasteiger partial charge in [-0.05, 0) is 26.2 Å². The third-order valence-corrected chi connectivity index (χ3v) is 2.19. The molecule has 1 unspecified atom stereocenters. The van der Waals surface area contributed by atoms with Gasteiger partial charge in [-0.2, -0.15) is 0 Å². The molecule has 1 rings (SSSR count). The normalized spacial score (nSPS) is 21.8. The van der Waals surface area contributed by atoms with Gasteiger partial charge < -0.3 is 4.74 Å². The lowest BCUT2D eigenvalue weighted by atomic mass is 10.0. The van der Waals surface area contributed by atoms with Crippen molar-refractivity contribution in [3.8, 4) is 11.8 Å². The highest BCUT2D eigenvalue weighted by Crippen LogP contribution is 2.16. The maximum absolute atomic E-state index is 11.3. The minimum absolute atomic E-state index is 0.167. The molecule has 0 aromatic heterocycles. The van der Waals surface area contributed by atoms with Crippen LogP contribution in [0.25, 0.3) is 0 Å². The van der Waals surface area contributed by atoms with Gasteiger partial charge in [-0.3, -0.25) is 4.79 Å². The van der Waals surface area contributed by atoms with Gasteiger partial charge in [0.05, 0.1) is 12.5 Å². The Labute approximate surface area is 79.7 Å². The molecule has 72 valence electrons. The summed E-state index contributed by atoms with van der Waals surface area (Å²) >= 11 is 0. The zero-order valence-electron chi connectivity index (χ0n) is 8.14. The summed E-state index contributed by atoms with van der Waals surface area (Å²) in [6, 6.07) is 0. The third-order valence-electron chi connectivity index (χ3n) is 2.19. The van der Waals surface area contributed by atoms with E-state index in [-0.39, 0.29) is 11.9 Å². The van der Waals surface area contributed by atoms with Crippen LogP contribution < -0.4 is 0 Å². The molecule has 0 aromatic rings. The number of rotatable bonds is 3. The van der Waals surface area contributed by atoms with Crippen molar-refractivity contribution < 1.29 is 9.53 Å². The largest absolute Gasteiger partial charge is 0.378 e. The minimum atomic E-state index is 0.167. The fourth-order valence-electron chi connectivity index (χ4n) is 1.48. The van der Waals surface area contributed by atoms with E-state index in [1.54, 1.807) is 6.92 Å². The van der Waals surface area contributed by atoms with Crippen LogP contribution in [-0.2, 0) is 9.53 Å². The first kappa shape index (κ1) is 10.3. The molecular formula is C11H16O2. The minimum Gasteiger partial charge on any atom is -0.378 e. The summed E-state index contributed by atoms with van der Waals surface area (Å²) in [5.41, 5.74) is 0. The van der Waals surface area contributed by atoms with Crippen molar-refractivity contribution in [1.82, 2.24) is 0 Å². The topological polar surface area (TPSA) is 26.3 Å². The fraction of sp³-hybridized carbons (Fsp3) is 0.727. The van der Waals surface area contributed by atoms with Gasteiger partial charge in [0.1, 0.15) is 5.78 Å². The quantitative estimate of drug-likeness (QED) is 0.620. The highest BCUT2D eigenvalue weighted by Gasteiger charge is 2.16. The molecule has 0 N–H and O–H groups in total. The fourth-order valence-corrected chi connectivity index (χ4v) is 1.48. The van der Waals surface area contributed by atoms with Crippen molar-refractivity contribution in [3.63, 3.8) is 0 Å². The SMILES string of the molecule is CC#CCC(=O)CC1CCCCO1. The van der Waals surface area contributed by atoms with Gasteiger partial charge in [-0.25, -0.2) is 0 Å². The van der Waals surface area contributed by atoms with E-state index in [0.717, 1.165) is 19.4 Å². The van der Waals surface area contributed by atoms with E-state index < -0.39 is 0 Å². The molecular weight excluding hydrogens is 164 g/mol. The van der Waals surface area contributed by atoms with Crippen LogP contribution in [0.4, 0.5) is 0 Å². The number of carbonyl (C=O) groups excluding carboxylic acids is 1. The Bertz CT molecular complexity index is 216. The smallest absolute Gasteiger partial charge is 0.147 e. The summed E-state index contributed by atoms with van der Waals surface area (Å²) in [7, 11) is 0. The number of ether oxygens (including phenoxy) is 1. The molecule has 2 nitrogen and oxygen atoms in total. The van der Waals surface area contributed by atoms with E-state index in [1.807, 2.05) is 0 Å². The summed E-state index contributed by atoms with van der Waals surface area (Å²) < 4.78 is 5.46. The Morgan fingerprint density at radius 2 is 2.38 bits per heavy atom. The summed E-state index contributed by atoms with van der Waals surface area (Å²) in [5, 5.41) is 0. The van der Waals surface area contributed by atoms with Gasteiger partial charge in [-0.1, -0.05) is 5.92 Å². The first-order chi connectivity index (χ1) is 6.33. The second-order valence-electron chi connectivity index (χ2n) is 3.33. The van der Waals surface area contributed by atoms with Crippen molar-refractivity contribution in [2.45, 2.75) is 45.1 Å². The molecule has 1 aliphatic rings. The molecule has 0 aliphatic carbocycles. The molecule has 1 atom stereocenters.